The molecule has 162 valence electrons. The Morgan fingerprint density at radius 1 is 1.25 bits per heavy atom. The summed E-state index contributed by atoms with van der Waals surface area (Å²) in [6, 6.07) is 15.1. The number of carbonyl (C=O) groups is 1. The van der Waals surface area contributed by atoms with Crippen molar-refractivity contribution in [3.05, 3.63) is 59.2 Å². The summed E-state index contributed by atoms with van der Waals surface area (Å²) in [7, 11) is 0. The fourth-order valence-electron chi connectivity index (χ4n) is 3.60. The second-order valence-corrected chi connectivity index (χ2v) is 8.59. The van der Waals surface area contributed by atoms with Crippen LogP contribution in [0.2, 0.25) is 0 Å². The van der Waals surface area contributed by atoms with Crippen molar-refractivity contribution in [2.24, 2.45) is 0 Å². The smallest absolute Gasteiger partial charge is 0.247 e. The first kappa shape index (κ1) is 21.8. The van der Waals surface area contributed by atoms with Crippen molar-refractivity contribution in [3.63, 3.8) is 0 Å². The van der Waals surface area contributed by atoms with E-state index < -0.39 is 6.23 Å². The van der Waals surface area contributed by atoms with Crippen LogP contribution in [0.4, 0.5) is 5.69 Å². The fraction of sp³-hybridized carbons (Fsp3) is 0.292. The van der Waals surface area contributed by atoms with Gasteiger partial charge in [0.05, 0.1) is 17.3 Å². The zero-order chi connectivity index (χ0) is 22.7. The number of nitriles is 1. The summed E-state index contributed by atoms with van der Waals surface area (Å²) in [6.45, 7) is 5.59. The number of thioether (sulfide) groups is 1. The molecule has 0 spiro atoms. The van der Waals surface area contributed by atoms with Crippen LogP contribution < -0.4 is 9.64 Å². The van der Waals surface area contributed by atoms with E-state index in [0.29, 0.717) is 33.5 Å². The normalized spacial score (nSPS) is 14.6. The van der Waals surface area contributed by atoms with Gasteiger partial charge in [0.2, 0.25) is 23.2 Å². The van der Waals surface area contributed by atoms with Crippen LogP contribution in [0.3, 0.4) is 0 Å². The van der Waals surface area contributed by atoms with Gasteiger partial charge in [-0.25, -0.2) is 0 Å². The number of fused-ring (bicyclic) bond motifs is 3. The lowest BCUT2D eigenvalue weighted by atomic mass is 10.0. The molecule has 1 amide bonds. The van der Waals surface area contributed by atoms with Gasteiger partial charge in [-0.3, -0.25) is 9.69 Å². The molecule has 0 fully saturated rings. The molecule has 3 aromatic rings. The summed E-state index contributed by atoms with van der Waals surface area (Å²) < 4.78 is 6.36. The molecule has 0 saturated heterocycles. The van der Waals surface area contributed by atoms with Gasteiger partial charge in [0, 0.05) is 23.8 Å². The quantitative estimate of drug-likeness (QED) is 0.400. The maximum Gasteiger partial charge on any atom is 0.247 e. The first-order valence-electron chi connectivity index (χ1n) is 10.5. The predicted octanol–water partition coefficient (Wildman–Crippen LogP) is 5.06. The number of amides is 1. The standard InChI is InChI=1S/C24H23N5O2S/c1-4-5-12-32-24-26-22-21(27-28-24)19-13-15(2)10-11-20(19)29(16(3)30)23(31-22)18-9-7-6-8-17(18)14-25/h6-11,13,23H,4-5,12H2,1-3H3/t23-/m0/s1. The summed E-state index contributed by atoms with van der Waals surface area (Å²) in [5, 5.41) is 19.0. The van der Waals surface area contributed by atoms with E-state index in [0.717, 1.165) is 29.7 Å². The third kappa shape index (κ3) is 4.16. The van der Waals surface area contributed by atoms with Crippen LogP contribution in [0.25, 0.3) is 11.3 Å². The highest BCUT2D eigenvalue weighted by Crippen LogP contribution is 2.44. The number of benzene rings is 2. The monoisotopic (exact) mass is 445 g/mol. The topological polar surface area (TPSA) is 92.0 Å². The van der Waals surface area contributed by atoms with Crippen molar-refractivity contribution < 1.29 is 9.53 Å². The molecule has 1 aliphatic heterocycles. The third-order valence-electron chi connectivity index (χ3n) is 5.18. The second kappa shape index (κ2) is 9.37. The van der Waals surface area contributed by atoms with Crippen LogP contribution in [-0.4, -0.2) is 26.8 Å². The van der Waals surface area contributed by atoms with E-state index in [9.17, 15) is 10.1 Å². The molecule has 0 saturated carbocycles. The third-order valence-corrected chi connectivity index (χ3v) is 6.10. The number of rotatable bonds is 5. The number of ether oxygens (including phenoxy) is 1. The molecule has 1 aliphatic rings. The van der Waals surface area contributed by atoms with E-state index in [1.165, 1.54) is 18.7 Å². The first-order chi connectivity index (χ1) is 15.5. The largest absolute Gasteiger partial charge is 0.447 e. The lowest BCUT2D eigenvalue weighted by molar-refractivity contribution is -0.118. The van der Waals surface area contributed by atoms with E-state index in [1.54, 1.807) is 23.1 Å². The molecular weight excluding hydrogens is 422 g/mol. The molecule has 1 aromatic heterocycles. The molecule has 32 heavy (non-hydrogen) atoms. The average Bonchev–Trinajstić information content (AvgIpc) is 2.93. The second-order valence-electron chi connectivity index (χ2n) is 7.53. The van der Waals surface area contributed by atoms with Gasteiger partial charge in [-0.15, -0.1) is 10.2 Å². The van der Waals surface area contributed by atoms with Crippen molar-refractivity contribution >= 4 is 23.4 Å². The zero-order valence-corrected chi connectivity index (χ0v) is 19.0. The van der Waals surface area contributed by atoms with Crippen LogP contribution in [0.5, 0.6) is 5.88 Å². The minimum Gasteiger partial charge on any atom is -0.447 e. The summed E-state index contributed by atoms with van der Waals surface area (Å²) in [5.41, 5.74) is 3.87. The minimum atomic E-state index is -0.865. The number of aryl methyl sites for hydroxylation is 1. The van der Waals surface area contributed by atoms with Crippen molar-refractivity contribution in [2.75, 3.05) is 10.7 Å². The number of hydrogen-bond acceptors (Lipinski definition) is 7. The molecule has 0 N–H and O–H groups in total. The van der Waals surface area contributed by atoms with E-state index in [-0.39, 0.29) is 5.91 Å². The van der Waals surface area contributed by atoms with Gasteiger partial charge in [0.15, 0.2) is 5.69 Å². The Balaban J connectivity index is 1.92. The number of unbranched alkanes of at least 4 members (excludes halogenated alkanes) is 1. The first-order valence-corrected chi connectivity index (χ1v) is 11.5. The van der Waals surface area contributed by atoms with Crippen molar-refractivity contribution in [3.8, 4) is 23.2 Å². The van der Waals surface area contributed by atoms with Gasteiger partial charge in [0.1, 0.15) is 0 Å². The number of carbonyl (C=O) groups excluding carboxylic acids is 1. The molecule has 0 aliphatic carbocycles. The van der Waals surface area contributed by atoms with Crippen molar-refractivity contribution in [1.29, 1.82) is 5.26 Å². The predicted molar refractivity (Wildman–Crippen MR) is 123 cm³/mol. The minimum absolute atomic E-state index is 0.217. The van der Waals surface area contributed by atoms with Crippen LogP contribution in [-0.2, 0) is 4.79 Å². The van der Waals surface area contributed by atoms with E-state index >= 15 is 0 Å². The highest BCUT2D eigenvalue weighted by atomic mass is 32.2. The Kier molecular flexibility index (Phi) is 6.37. The summed E-state index contributed by atoms with van der Waals surface area (Å²) in [6.07, 6.45) is 1.26. The molecular formula is C24H23N5O2S. The summed E-state index contributed by atoms with van der Waals surface area (Å²) >= 11 is 1.52. The molecule has 0 bridgehead atoms. The Morgan fingerprint density at radius 3 is 2.81 bits per heavy atom. The molecule has 0 unspecified atom stereocenters. The van der Waals surface area contributed by atoms with E-state index in [2.05, 4.69) is 28.2 Å². The van der Waals surface area contributed by atoms with Gasteiger partial charge in [0.25, 0.3) is 0 Å². The number of nitrogens with zero attached hydrogens (tertiary/aromatic N) is 5. The average molecular weight is 446 g/mol. The van der Waals surface area contributed by atoms with Crippen LogP contribution in [0.1, 0.15) is 49.6 Å². The molecule has 0 radical (unpaired) electrons. The van der Waals surface area contributed by atoms with Gasteiger partial charge in [-0.05, 0) is 31.5 Å². The maximum absolute atomic E-state index is 12.9. The molecule has 2 aromatic carbocycles. The van der Waals surface area contributed by atoms with Gasteiger partial charge in [-0.1, -0.05) is 54.9 Å². The number of hydrogen-bond donors (Lipinski definition) is 0. The van der Waals surface area contributed by atoms with Gasteiger partial charge < -0.3 is 4.74 Å². The molecule has 8 heteroatoms. The molecule has 1 atom stereocenters. The number of anilines is 1. The highest BCUT2D eigenvalue weighted by molar-refractivity contribution is 7.99. The molecule has 4 rings (SSSR count). The van der Waals surface area contributed by atoms with Crippen molar-refractivity contribution in [2.45, 2.75) is 45.0 Å². The van der Waals surface area contributed by atoms with Crippen LogP contribution >= 0.6 is 11.8 Å². The Bertz CT molecular complexity index is 1210. The fourth-order valence-corrected chi connectivity index (χ4v) is 4.47. The van der Waals surface area contributed by atoms with Gasteiger partial charge in [-0.2, -0.15) is 10.2 Å². The Hall–Kier alpha value is -3.44. The maximum atomic E-state index is 12.9. The molecule has 2 heterocycles. The van der Waals surface area contributed by atoms with Crippen LogP contribution in [0, 0.1) is 18.3 Å². The Labute approximate surface area is 191 Å². The van der Waals surface area contributed by atoms with E-state index in [4.69, 9.17) is 4.74 Å². The lowest BCUT2D eigenvalue weighted by Gasteiger charge is -2.30. The van der Waals surface area contributed by atoms with E-state index in [1.807, 2.05) is 31.2 Å². The van der Waals surface area contributed by atoms with Crippen molar-refractivity contribution in [1.82, 2.24) is 15.2 Å². The highest BCUT2D eigenvalue weighted by Gasteiger charge is 2.35. The molecule has 7 nitrogen and oxygen atoms in total. The van der Waals surface area contributed by atoms with Crippen LogP contribution in [0.15, 0.2) is 47.6 Å². The SMILES string of the molecule is CCCCSc1nnc2c(n1)O[C@@H](c1ccccc1C#N)N(C(C)=O)c1ccc(C)cc1-2. The van der Waals surface area contributed by atoms with Gasteiger partial charge >= 0.3 is 0 Å². The summed E-state index contributed by atoms with van der Waals surface area (Å²) in [5.74, 6) is 0.964. The number of aromatic nitrogens is 3. The zero-order valence-electron chi connectivity index (χ0n) is 18.2. The Morgan fingerprint density at radius 2 is 2.06 bits per heavy atom. The summed E-state index contributed by atoms with van der Waals surface area (Å²) in [4.78, 5) is 19.1. The lowest BCUT2D eigenvalue weighted by Crippen LogP contribution is -2.36.